The van der Waals surface area contributed by atoms with Gasteiger partial charge in [-0.2, -0.15) is 12.7 Å². The Morgan fingerprint density at radius 1 is 1.53 bits per heavy atom. The van der Waals surface area contributed by atoms with Crippen LogP contribution in [0.2, 0.25) is 0 Å². The number of aryl methyl sites for hydroxylation is 1. The van der Waals surface area contributed by atoms with Crippen LogP contribution in [0.1, 0.15) is 18.5 Å². The lowest BCUT2D eigenvalue weighted by atomic mass is 10.0. The number of nitrogens with two attached hydrogens (primary N) is 1. The summed E-state index contributed by atoms with van der Waals surface area (Å²) in [5.74, 6) is 0.251. The van der Waals surface area contributed by atoms with Gasteiger partial charge < -0.3 is 5.73 Å². The third-order valence-corrected chi connectivity index (χ3v) is 4.82. The minimum absolute atomic E-state index is 0.251. The monoisotopic (exact) mass is 284 g/mol. The number of hydrogen-bond acceptors (Lipinski definition) is 4. The summed E-state index contributed by atoms with van der Waals surface area (Å²) in [5.41, 5.74) is 6.96. The highest BCUT2D eigenvalue weighted by atomic mass is 32.2. The number of nitrogens with one attached hydrogen (secondary N) is 1. The molecular formula is C12H20N4O2S. The Labute approximate surface area is 114 Å². The zero-order valence-electron chi connectivity index (χ0n) is 11.0. The van der Waals surface area contributed by atoms with Crippen molar-refractivity contribution in [1.82, 2.24) is 9.29 Å². The molecule has 1 aromatic rings. The minimum Gasteiger partial charge on any atom is -0.330 e. The summed E-state index contributed by atoms with van der Waals surface area (Å²) in [6, 6.07) is 3.49. The molecule has 0 amide bonds. The standard InChI is InChI=1S/C12H20N4O2S/c1-10-4-5-12(8-14-10)15-19(17,18)16-6-2-3-11(7-13)9-16/h4-5,8,11,15H,2-3,6-7,9,13H2,1H3. The third kappa shape index (κ3) is 3.65. The van der Waals surface area contributed by atoms with Crippen LogP contribution in [0.3, 0.4) is 0 Å². The second-order valence-electron chi connectivity index (χ2n) is 4.90. The molecule has 3 N–H and O–H groups in total. The molecule has 1 aliphatic rings. The van der Waals surface area contributed by atoms with E-state index in [1.807, 2.05) is 6.92 Å². The summed E-state index contributed by atoms with van der Waals surface area (Å²) < 4.78 is 28.5. The van der Waals surface area contributed by atoms with Crippen molar-refractivity contribution in [2.45, 2.75) is 19.8 Å². The molecule has 0 radical (unpaired) electrons. The predicted octanol–water partition coefficient (Wildman–Crippen LogP) is 0.717. The lowest BCUT2D eigenvalue weighted by Gasteiger charge is -2.31. The van der Waals surface area contributed by atoms with Gasteiger partial charge in [0.2, 0.25) is 0 Å². The van der Waals surface area contributed by atoms with Gasteiger partial charge in [-0.3, -0.25) is 9.71 Å². The molecule has 2 heterocycles. The van der Waals surface area contributed by atoms with E-state index in [1.165, 1.54) is 10.5 Å². The van der Waals surface area contributed by atoms with E-state index in [2.05, 4.69) is 9.71 Å². The quantitative estimate of drug-likeness (QED) is 0.852. The second-order valence-corrected chi connectivity index (χ2v) is 6.57. The van der Waals surface area contributed by atoms with Crippen molar-refractivity contribution >= 4 is 15.9 Å². The van der Waals surface area contributed by atoms with E-state index in [4.69, 9.17) is 5.73 Å². The maximum atomic E-state index is 12.2. The van der Waals surface area contributed by atoms with E-state index in [0.717, 1.165) is 18.5 Å². The Morgan fingerprint density at radius 3 is 2.95 bits per heavy atom. The summed E-state index contributed by atoms with van der Waals surface area (Å²) >= 11 is 0. The Kier molecular flexibility index (Phi) is 4.38. The SMILES string of the molecule is Cc1ccc(NS(=O)(=O)N2CCCC(CN)C2)cn1. The van der Waals surface area contributed by atoms with Crippen LogP contribution in [0.15, 0.2) is 18.3 Å². The number of aromatic nitrogens is 1. The van der Waals surface area contributed by atoms with Gasteiger partial charge in [0.15, 0.2) is 0 Å². The average molecular weight is 284 g/mol. The average Bonchev–Trinajstić information content (AvgIpc) is 2.41. The van der Waals surface area contributed by atoms with Gasteiger partial charge in [0.25, 0.3) is 0 Å². The van der Waals surface area contributed by atoms with Crippen LogP contribution in [0.25, 0.3) is 0 Å². The van der Waals surface area contributed by atoms with Gasteiger partial charge >= 0.3 is 10.2 Å². The van der Waals surface area contributed by atoms with Crippen molar-refractivity contribution in [2.24, 2.45) is 11.7 Å². The van der Waals surface area contributed by atoms with Crippen LogP contribution in [-0.2, 0) is 10.2 Å². The topological polar surface area (TPSA) is 88.3 Å². The third-order valence-electron chi connectivity index (χ3n) is 3.31. The van der Waals surface area contributed by atoms with Crippen molar-refractivity contribution in [3.63, 3.8) is 0 Å². The highest BCUT2D eigenvalue weighted by Crippen LogP contribution is 2.19. The molecular weight excluding hydrogens is 264 g/mol. The molecule has 0 aromatic carbocycles. The van der Waals surface area contributed by atoms with Crippen molar-refractivity contribution < 1.29 is 8.42 Å². The molecule has 0 bridgehead atoms. The molecule has 1 fully saturated rings. The largest absolute Gasteiger partial charge is 0.330 e. The summed E-state index contributed by atoms with van der Waals surface area (Å²) in [6.45, 7) is 3.42. The van der Waals surface area contributed by atoms with Gasteiger partial charge in [-0.25, -0.2) is 0 Å². The molecule has 0 spiro atoms. The first-order chi connectivity index (χ1) is 9.01. The van der Waals surface area contributed by atoms with E-state index < -0.39 is 10.2 Å². The summed E-state index contributed by atoms with van der Waals surface area (Å²) in [6.07, 6.45) is 3.38. The molecule has 1 aromatic heterocycles. The fraction of sp³-hybridized carbons (Fsp3) is 0.583. The molecule has 1 atom stereocenters. The first kappa shape index (κ1) is 14.2. The molecule has 1 saturated heterocycles. The first-order valence-corrected chi connectivity index (χ1v) is 7.86. The van der Waals surface area contributed by atoms with Gasteiger partial charge in [0.1, 0.15) is 0 Å². The van der Waals surface area contributed by atoms with E-state index >= 15 is 0 Å². The van der Waals surface area contributed by atoms with Crippen LogP contribution in [0.5, 0.6) is 0 Å². The van der Waals surface area contributed by atoms with E-state index in [1.54, 1.807) is 12.1 Å². The van der Waals surface area contributed by atoms with Gasteiger partial charge in [-0.15, -0.1) is 0 Å². The molecule has 19 heavy (non-hydrogen) atoms. The maximum Gasteiger partial charge on any atom is 0.301 e. The number of anilines is 1. The summed E-state index contributed by atoms with van der Waals surface area (Å²) in [4.78, 5) is 4.07. The van der Waals surface area contributed by atoms with Gasteiger partial charge in [-0.1, -0.05) is 0 Å². The van der Waals surface area contributed by atoms with Crippen LogP contribution < -0.4 is 10.5 Å². The minimum atomic E-state index is -3.50. The van der Waals surface area contributed by atoms with Crippen molar-refractivity contribution in [3.05, 3.63) is 24.0 Å². The van der Waals surface area contributed by atoms with Crippen LogP contribution in [0.4, 0.5) is 5.69 Å². The number of hydrogen-bond donors (Lipinski definition) is 2. The van der Waals surface area contributed by atoms with Gasteiger partial charge in [0, 0.05) is 18.8 Å². The lowest BCUT2D eigenvalue weighted by Crippen LogP contribution is -2.44. The number of rotatable bonds is 4. The van der Waals surface area contributed by atoms with Crippen molar-refractivity contribution in [1.29, 1.82) is 0 Å². The van der Waals surface area contributed by atoms with Gasteiger partial charge in [0.05, 0.1) is 11.9 Å². The van der Waals surface area contributed by atoms with Gasteiger partial charge in [-0.05, 0) is 44.4 Å². The Hall–Kier alpha value is -1.18. The second kappa shape index (κ2) is 5.85. The highest BCUT2D eigenvalue weighted by Gasteiger charge is 2.28. The highest BCUT2D eigenvalue weighted by molar-refractivity contribution is 7.90. The number of pyridine rings is 1. The van der Waals surface area contributed by atoms with Crippen molar-refractivity contribution in [3.8, 4) is 0 Å². The van der Waals surface area contributed by atoms with E-state index in [-0.39, 0.29) is 5.92 Å². The van der Waals surface area contributed by atoms with Crippen LogP contribution in [0, 0.1) is 12.8 Å². The molecule has 106 valence electrons. The predicted molar refractivity (Wildman–Crippen MR) is 74.9 cm³/mol. The van der Waals surface area contributed by atoms with Crippen molar-refractivity contribution in [2.75, 3.05) is 24.4 Å². The number of nitrogens with zero attached hydrogens (tertiary/aromatic N) is 2. The zero-order chi connectivity index (χ0) is 13.9. The molecule has 7 heteroatoms. The van der Waals surface area contributed by atoms with E-state index in [0.29, 0.717) is 25.3 Å². The zero-order valence-corrected chi connectivity index (χ0v) is 11.9. The lowest BCUT2D eigenvalue weighted by molar-refractivity contribution is 0.273. The molecule has 6 nitrogen and oxygen atoms in total. The molecule has 2 rings (SSSR count). The number of piperidine rings is 1. The molecule has 1 aliphatic heterocycles. The van der Waals surface area contributed by atoms with Crippen LogP contribution >= 0.6 is 0 Å². The smallest absolute Gasteiger partial charge is 0.301 e. The summed E-state index contributed by atoms with van der Waals surface area (Å²) in [5, 5.41) is 0. The summed E-state index contributed by atoms with van der Waals surface area (Å²) in [7, 11) is -3.50. The Bertz CT molecular complexity index is 515. The maximum absolute atomic E-state index is 12.2. The van der Waals surface area contributed by atoms with E-state index in [9.17, 15) is 8.42 Å². The fourth-order valence-corrected chi connectivity index (χ4v) is 3.50. The fourth-order valence-electron chi connectivity index (χ4n) is 2.18. The molecule has 1 unspecified atom stereocenters. The molecule has 0 aliphatic carbocycles. The Morgan fingerprint density at radius 2 is 2.32 bits per heavy atom. The normalized spacial score (nSPS) is 21.3. The molecule has 0 saturated carbocycles. The Balaban J connectivity index is 2.07. The first-order valence-electron chi connectivity index (χ1n) is 6.42. The van der Waals surface area contributed by atoms with Crippen LogP contribution in [-0.4, -0.2) is 37.3 Å².